The van der Waals surface area contributed by atoms with E-state index in [0.717, 1.165) is 28.7 Å². The molecule has 9 heteroatoms. The number of hydrogen-bond acceptors (Lipinski definition) is 6. The van der Waals surface area contributed by atoms with E-state index < -0.39 is 16.0 Å². The third kappa shape index (κ3) is 2.52. The first-order valence-electron chi connectivity index (χ1n) is 4.66. The zero-order chi connectivity index (χ0) is 13.3. The molecule has 0 unspecified atom stereocenters. The molecule has 0 bridgehead atoms. The average molecular weight is 304 g/mol. The minimum atomic E-state index is -3.78. The Hall–Kier alpha value is -1.45. The predicted molar refractivity (Wildman–Crippen MR) is 68.9 cm³/mol. The molecule has 2 rings (SSSR count). The van der Waals surface area contributed by atoms with Gasteiger partial charge in [0.25, 0.3) is 10.0 Å². The molecule has 0 aliphatic heterocycles. The molecule has 0 saturated heterocycles. The highest BCUT2D eigenvalue weighted by atomic mass is 32.2. The van der Waals surface area contributed by atoms with E-state index >= 15 is 0 Å². The maximum Gasteiger partial charge on any atom is 0.345 e. The summed E-state index contributed by atoms with van der Waals surface area (Å²) in [5.41, 5.74) is 0. The molecular weight excluding hydrogens is 296 g/mol. The normalized spacial score (nSPS) is 11.4. The molecule has 0 aliphatic rings. The van der Waals surface area contributed by atoms with Crippen molar-refractivity contribution in [2.75, 3.05) is 4.72 Å². The summed E-state index contributed by atoms with van der Waals surface area (Å²) in [6.45, 7) is 1.56. The Kier molecular flexibility index (Phi) is 3.37. The molecule has 2 heterocycles. The number of anilines is 1. The Morgan fingerprint density at radius 2 is 2.22 bits per heavy atom. The Bertz CT molecular complexity index is 673. The fourth-order valence-corrected chi connectivity index (χ4v) is 4.50. The van der Waals surface area contributed by atoms with Crippen LogP contribution in [0, 0.1) is 6.92 Å². The Labute approximate surface area is 111 Å². The first-order valence-corrected chi connectivity index (χ1v) is 7.84. The van der Waals surface area contributed by atoms with E-state index in [1.807, 2.05) is 0 Å². The summed E-state index contributed by atoms with van der Waals surface area (Å²) < 4.78 is 26.4. The number of thiophene rings is 1. The number of hydrogen-bond donors (Lipinski definition) is 2. The Morgan fingerprint density at radius 3 is 2.72 bits per heavy atom. The van der Waals surface area contributed by atoms with Crippen LogP contribution in [0.3, 0.4) is 0 Å². The fraction of sp³-hybridized carbons (Fsp3) is 0.111. The van der Waals surface area contributed by atoms with Crippen LogP contribution in [-0.2, 0) is 10.0 Å². The Morgan fingerprint density at radius 1 is 1.50 bits per heavy atom. The number of thiazole rings is 1. The van der Waals surface area contributed by atoms with Gasteiger partial charge in [-0.15, -0.1) is 22.7 Å². The van der Waals surface area contributed by atoms with Gasteiger partial charge in [0.2, 0.25) is 0 Å². The van der Waals surface area contributed by atoms with Crippen LogP contribution in [-0.4, -0.2) is 24.5 Å². The van der Waals surface area contributed by atoms with Gasteiger partial charge < -0.3 is 5.11 Å². The quantitative estimate of drug-likeness (QED) is 0.900. The van der Waals surface area contributed by atoms with Crippen molar-refractivity contribution in [3.8, 4) is 0 Å². The lowest BCUT2D eigenvalue weighted by Gasteiger charge is -2.03. The van der Waals surface area contributed by atoms with E-state index in [4.69, 9.17) is 5.11 Å². The summed E-state index contributed by atoms with van der Waals surface area (Å²) >= 11 is 2.08. The molecule has 0 radical (unpaired) electrons. The number of sulfonamides is 1. The number of rotatable bonds is 4. The van der Waals surface area contributed by atoms with Crippen LogP contribution in [0.15, 0.2) is 22.5 Å². The van der Waals surface area contributed by atoms with Gasteiger partial charge in [-0.3, -0.25) is 4.72 Å². The standard InChI is InChI=1S/C9H8N2O4S3/c1-5-7(4-6(17-5)8(12)13)18(14,15)11-9-10-2-3-16-9/h2-4H,1H3,(H,10,11)(H,12,13). The van der Waals surface area contributed by atoms with Gasteiger partial charge in [0.1, 0.15) is 9.77 Å². The van der Waals surface area contributed by atoms with E-state index in [0.29, 0.717) is 4.88 Å². The SMILES string of the molecule is Cc1sc(C(=O)O)cc1S(=O)(=O)Nc1nccs1. The molecule has 6 nitrogen and oxygen atoms in total. The van der Waals surface area contributed by atoms with Crippen molar-refractivity contribution in [3.63, 3.8) is 0 Å². The van der Waals surface area contributed by atoms with Gasteiger partial charge in [0, 0.05) is 16.5 Å². The van der Waals surface area contributed by atoms with E-state index in [-0.39, 0.29) is 14.9 Å². The van der Waals surface area contributed by atoms with Crippen LogP contribution < -0.4 is 4.72 Å². The van der Waals surface area contributed by atoms with Crippen LogP contribution >= 0.6 is 22.7 Å². The minimum absolute atomic E-state index is 0.00739. The molecule has 0 spiro atoms. The lowest BCUT2D eigenvalue weighted by Crippen LogP contribution is -2.12. The maximum absolute atomic E-state index is 12.0. The highest BCUT2D eigenvalue weighted by molar-refractivity contribution is 7.93. The zero-order valence-corrected chi connectivity index (χ0v) is 11.5. The third-order valence-corrected chi connectivity index (χ3v) is 5.48. The van der Waals surface area contributed by atoms with Crippen molar-refractivity contribution in [1.29, 1.82) is 0 Å². The fourth-order valence-electron chi connectivity index (χ4n) is 1.28. The first kappa shape index (κ1) is 13.0. The smallest absolute Gasteiger partial charge is 0.345 e. The van der Waals surface area contributed by atoms with Crippen LogP contribution in [0.25, 0.3) is 0 Å². The van der Waals surface area contributed by atoms with Crippen molar-refractivity contribution >= 4 is 43.8 Å². The predicted octanol–water partition coefficient (Wildman–Crippen LogP) is 2.01. The molecule has 2 N–H and O–H groups in total. The van der Waals surface area contributed by atoms with Crippen molar-refractivity contribution in [3.05, 3.63) is 27.4 Å². The molecule has 0 saturated carbocycles. The van der Waals surface area contributed by atoms with Gasteiger partial charge in [-0.25, -0.2) is 18.2 Å². The van der Waals surface area contributed by atoms with E-state index in [1.165, 1.54) is 6.20 Å². The summed E-state index contributed by atoms with van der Waals surface area (Å²) in [6.07, 6.45) is 1.48. The minimum Gasteiger partial charge on any atom is -0.477 e. The Balaban J connectivity index is 2.38. The van der Waals surface area contributed by atoms with Crippen molar-refractivity contribution in [2.24, 2.45) is 0 Å². The van der Waals surface area contributed by atoms with Crippen molar-refractivity contribution < 1.29 is 18.3 Å². The summed E-state index contributed by atoms with van der Waals surface area (Å²) in [7, 11) is -3.78. The molecule has 0 fully saturated rings. The summed E-state index contributed by atoms with van der Waals surface area (Å²) in [4.78, 5) is 15.0. The maximum atomic E-state index is 12.0. The lowest BCUT2D eigenvalue weighted by molar-refractivity contribution is 0.0702. The van der Waals surface area contributed by atoms with Crippen LogP contribution in [0.2, 0.25) is 0 Å². The van der Waals surface area contributed by atoms with Crippen molar-refractivity contribution in [2.45, 2.75) is 11.8 Å². The number of carbonyl (C=O) groups is 1. The number of nitrogens with zero attached hydrogens (tertiary/aromatic N) is 1. The molecule has 0 aliphatic carbocycles. The monoisotopic (exact) mass is 304 g/mol. The van der Waals surface area contributed by atoms with E-state index in [9.17, 15) is 13.2 Å². The highest BCUT2D eigenvalue weighted by Crippen LogP contribution is 2.27. The second kappa shape index (κ2) is 4.67. The van der Waals surface area contributed by atoms with Crippen LogP contribution in [0.5, 0.6) is 0 Å². The first-order chi connectivity index (χ1) is 8.40. The third-order valence-electron chi connectivity index (χ3n) is 2.03. The van der Waals surface area contributed by atoms with Gasteiger partial charge >= 0.3 is 5.97 Å². The highest BCUT2D eigenvalue weighted by Gasteiger charge is 2.22. The largest absolute Gasteiger partial charge is 0.477 e. The number of carboxylic acid groups (broad SMARTS) is 1. The van der Waals surface area contributed by atoms with Gasteiger partial charge in [-0.05, 0) is 13.0 Å². The number of aromatic carboxylic acids is 1. The van der Waals surface area contributed by atoms with Crippen LogP contribution in [0.4, 0.5) is 5.13 Å². The topological polar surface area (TPSA) is 96.4 Å². The van der Waals surface area contributed by atoms with Gasteiger partial charge in [-0.2, -0.15) is 0 Å². The second-order valence-corrected chi connectivity index (χ2v) is 7.08. The van der Waals surface area contributed by atoms with Crippen LogP contribution in [0.1, 0.15) is 14.5 Å². The molecule has 0 atom stereocenters. The average Bonchev–Trinajstić information content (AvgIpc) is 2.86. The number of nitrogens with one attached hydrogen (secondary N) is 1. The molecule has 96 valence electrons. The summed E-state index contributed by atoms with van der Waals surface area (Å²) in [6, 6.07) is 1.15. The van der Waals surface area contributed by atoms with Crippen molar-refractivity contribution in [1.82, 2.24) is 4.98 Å². The van der Waals surface area contributed by atoms with Gasteiger partial charge in [-0.1, -0.05) is 0 Å². The lowest BCUT2D eigenvalue weighted by atomic mass is 10.4. The van der Waals surface area contributed by atoms with E-state index in [2.05, 4.69) is 9.71 Å². The number of carboxylic acids is 1. The van der Waals surface area contributed by atoms with E-state index in [1.54, 1.807) is 12.3 Å². The molecule has 0 amide bonds. The zero-order valence-electron chi connectivity index (χ0n) is 9.08. The van der Waals surface area contributed by atoms with Gasteiger partial charge in [0.15, 0.2) is 5.13 Å². The molecule has 18 heavy (non-hydrogen) atoms. The summed E-state index contributed by atoms with van der Waals surface area (Å²) in [5, 5.41) is 10.7. The number of aryl methyl sites for hydroxylation is 1. The second-order valence-electron chi connectivity index (χ2n) is 3.28. The molecule has 0 aromatic carbocycles. The molecule has 2 aromatic rings. The summed E-state index contributed by atoms with van der Waals surface area (Å²) in [5.74, 6) is -1.14. The van der Waals surface area contributed by atoms with Gasteiger partial charge in [0.05, 0.1) is 0 Å². The number of aromatic nitrogens is 1. The molecular formula is C9H8N2O4S3. The molecule has 2 aromatic heterocycles.